The van der Waals surface area contributed by atoms with Crippen LogP contribution in [0.3, 0.4) is 0 Å². The Bertz CT molecular complexity index is 2310. The molecule has 1 radical (unpaired) electrons. The number of pyridine rings is 3. The Kier molecular flexibility index (Phi) is 8.65. The predicted molar refractivity (Wildman–Crippen MR) is 188 cm³/mol. The van der Waals surface area contributed by atoms with Gasteiger partial charge < -0.3 is 14.4 Å². The van der Waals surface area contributed by atoms with E-state index < -0.39 is 11.8 Å². The van der Waals surface area contributed by atoms with Gasteiger partial charge in [0.05, 0.1) is 11.3 Å². The number of rotatable bonds is 4. The van der Waals surface area contributed by atoms with Gasteiger partial charge in [-0.15, -0.1) is 54.1 Å². The monoisotopic (exact) mass is 790 g/mol. The summed E-state index contributed by atoms with van der Waals surface area (Å²) in [6.45, 7) is 5.69. The standard InChI is InChI=1S/C31H25N2O.C11H8N.Ir/c1-31(2,3)18-20-11-14-27(33-19-20)22-15-16-32-28(17-22)26-10-6-9-24-25-13-12-21-7-4-5-8-23(21)29(25)34-30(24)26;1-2-6-10(7-3-1)11-8-4-5-9-12-11;/h4-9,11-17,19H,18H2,1-3H3;1-6,8-9H;/q2*-1;/i18D2;;. The molecule has 0 atom stereocenters. The second-order valence-electron chi connectivity index (χ2n) is 12.1. The Morgan fingerprint density at radius 1 is 0.660 bits per heavy atom. The molecule has 8 rings (SSSR count). The van der Waals surface area contributed by atoms with Crippen molar-refractivity contribution >= 4 is 32.7 Å². The third-order valence-corrected chi connectivity index (χ3v) is 7.57. The molecule has 0 N–H and O–H groups in total. The molecule has 0 bridgehead atoms. The average molecular weight is 790 g/mol. The molecular formula is C42H33IrN3O-2. The molecule has 0 fully saturated rings. The van der Waals surface area contributed by atoms with E-state index in [4.69, 9.17) is 7.16 Å². The van der Waals surface area contributed by atoms with E-state index in [1.807, 2.05) is 112 Å². The van der Waals surface area contributed by atoms with Crippen molar-refractivity contribution in [1.82, 2.24) is 15.0 Å². The van der Waals surface area contributed by atoms with Gasteiger partial charge in [0, 0.05) is 52.2 Å². The first-order valence-electron chi connectivity index (χ1n) is 16.3. The first-order chi connectivity index (χ1) is 23.2. The molecule has 233 valence electrons. The summed E-state index contributed by atoms with van der Waals surface area (Å²) < 4.78 is 23.5. The molecule has 0 aliphatic rings. The van der Waals surface area contributed by atoms with Crippen molar-refractivity contribution in [2.75, 3.05) is 0 Å². The second-order valence-corrected chi connectivity index (χ2v) is 12.1. The number of hydrogen-bond donors (Lipinski definition) is 0. The molecule has 0 aliphatic carbocycles. The van der Waals surface area contributed by atoms with Crippen molar-refractivity contribution < 1.29 is 27.3 Å². The minimum atomic E-state index is -1.49. The van der Waals surface area contributed by atoms with Gasteiger partial charge in [-0.05, 0) is 57.9 Å². The minimum absolute atomic E-state index is 0. The fourth-order valence-electron chi connectivity index (χ4n) is 5.53. The summed E-state index contributed by atoms with van der Waals surface area (Å²) in [5.74, 6) is 0. The Balaban J connectivity index is 0.000000270. The number of furan rings is 1. The van der Waals surface area contributed by atoms with Crippen LogP contribution in [-0.4, -0.2) is 15.0 Å². The van der Waals surface area contributed by atoms with Gasteiger partial charge in [0.2, 0.25) is 0 Å². The van der Waals surface area contributed by atoms with E-state index in [0.717, 1.165) is 66.5 Å². The van der Waals surface area contributed by atoms with E-state index in [1.54, 1.807) is 18.6 Å². The summed E-state index contributed by atoms with van der Waals surface area (Å²) in [7, 11) is 0. The Hall–Kier alpha value is -4.96. The first kappa shape index (κ1) is 29.4. The maximum Gasteiger partial charge on any atom is 0.128 e. The topological polar surface area (TPSA) is 51.8 Å². The largest absolute Gasteiger partial charge is 0.500 e. The van der Waals surface area contributed by atoms with Crippen LogP contribution in [-0.2, 0) is 26.5 Å². The molecular weight excluding hydrogens is 755 g/mol. The molecule has 4 aromatic heterocycles. The number of benzene rings is 4. The third kappa shape index (κ3) is 7.07. The van der Waals surface area contributed by atoms with Gasteiger partial charge in [0.25, 0.3) is 0 Å². The average Bonchev–Trinajstić information content (AvgIpc) is 3.52. The van der Waals surface area contributed by atoms with Gasteiger partial charge in [-0.1, -0.05) is 92.4 Å². The van der Waals surface area contributed by atoms with E-state index in [9.17, 15) is 0 Å². The van der Waals surface area contributed by atoms with Gasteiger partial charge in [0.15, 0.2) is 0 Å². The van der Waals surface area contributed by atoms with E-state index in [1.165, 1.54) is 0 Å². The first-order valence-corrected chi connectivity index (χ1v) is 15.3. The molecule has 0 unspecified atom stereocenters. The molecule has 0 saturated carbocycles. The SMILES string of the molecule is [2H]C([2H])(c1ccc(-c2ccnc(-c3[c-]ccc4c3oc3c5ccccc5ccc43)c2)nc1)C(C)(C)C.[Ir].[c-]1ccccc1-c1ccccn1. The zero-order chi connectivity index (χ0) is 33.3. The fraction of sp³-hybridized carbons (Fsp3) is 0.119. The van der Waals surface area contributed by atoms with Crippen LogP contribution in [0.25, 0.3) is 66.5 Å². The quantitative estimate of drug-likeness (QED) is 0.167. The van der Waals surface area contributed by atoms with Crippen LogP contribution in [0.5, 0.6) is 0 Å². The maximum absolute atomic E-state index is 8.52. The molecule has 0 amide bonds. The summed E-state index contributed by atoms with van der Waals surface area (Å²) in [6, 6.07) is 44.2. The van der Waals surface area contributed by atoms with Crippen LogP contribution < -0.4 is 0 Å². The summed E-state index contributed by atoms with van der Waals surface area (Å²) in [5, 5.41) is 4.32. The molecule has 4 heterocycles. The van der Waals surface area contributed by atoms with Crippen molar-refractivity contribution in [3.63, 3.8) is 0 Å². The van der Waals surface area contributed by atoms with Crippen molar-refractivity contribution in [2.24, 2.45) is 5.41 Å². The maximum atomic E-state index is 8.52. The normalized spacial score (nSPS) is 12.1. The van der Waals surface area contributed by atoms with Gasteiger partial charge in [-0.2, -0.15) is 0 Å². The third-order valence-electron chi connectivity index (χ3n) is 7.57. The van der Waals surface area contributed by atoms with Crippen LogP contribution in [0.4, 0.5) is 0 Å². The summed E-state index contributed by atoms with van der Waals surface area (Å²) in [6.07, 6.45) is 3.70. The molecule has 4 nitrogen and oxygen atoms in total. The van der Waals surface area contributed by atoms with Crippen LogP contribution in [0, 0.1) is 17.5 Å². The van der Waals surface area contributed by atoms with Crippen molar-refractivity contribution in [3.05, 3.63) is 152 Å². The van der Waals surface area contributed by atoms with E-state index in [2.05, 4.69) is 51.4 Å². The molecule has 4 aromatic carbocycles. The molecule has 0 spiro atoms. The smallest absolute Gasteiger partial charge is 0.128 e. The van der Waals surface area contributed by atoms with Gasteiger partial charge >= 0.3 is 0 Å². The van der Waals surface area contributed by atoms with Crippen LogP contribution in [0.1, 0.15) is 29.1 Å². The zero-order valence-electron chi connectivity index (χ0n) is 28.3. The number of fused-ring (bicyclic) bond motifs is 5. The number of aromatic nitrogens is 3. The fourth-order valence-corrected chi connectivity index (χ4v) is 5.53. The molecule has 0 aliphatic heterocycles. The van der Waals surface area contributed by atoms with E-state index in [0.29, 0.717) is 5.56 Å². The number of hydrogen-bond acceptors (Lipinski definition) is 4. The van der Waals surface area contributed by atoms with Gasteiger partial charge in [-0.25, -0.2) is 0 Å². The van der Waals surface area contributed by atoms with Crippen LogP contribution in [0.2, 0.25) is 0 Å². The predicted octanol–water partition coefficient (Wildman–Crippen LogP) is 10.8. The van der Waals surface area contributed by atoms with E-state index >= 15 is 0 Å². The van der Waals surface area contributed by atoms with Gasteiger partial charge in [0.1, 0.15) is 5.58 Å². The molecule has 8 aromatic rings. The van der Waals surface area contributed by atoms with E-state index in [-0.39, 0.29) is 20.1 Å². The molecule has 5 heteroatoms. The Labute approximate surface area is 291 Å². The molecule has 0 saturated heterocycles. The zero-order valence-corrected chi connectivity index (χ0v) is 28.7. The second kappa shape index (κ2) is 13.8. The Morgan fingerprint density at radius 3 is 2.23 bits per heavy atom. The van der Waals surface area contributed by atoms with Crippen LogP contribution >= 0.6 is 0 Å². The van der Waals surface area contributed by atoms with Crippen molar-refractivity contribution in [1.29, 1.82) is 0 Å². The summed E-state index contributed by atoms with van der Waals surface area (Å²) in [4.78, 5) is 13.4. The Morgan fingerprint density at radius 2 is 1.47 bits per heavy atom. The summed E-state index contributed by atoms with van der Waals surface area (Å²) >= 11 is 0. The summed E-state index contributed by atoms with van der Waals surface area (Å²) in [5.41, 5.74) is 6.88. The van der Waals surface area contributed by atoms with Crippen molar-refractivity contribution in [2.45, 2.75) is 27.1 Å². The van der Waals surface area contributed by atoms with Gasteiger partial charge in [-0.3, -0.25) is 4.98 Å². The minimum Gasteiger partial charge on any atom is -0.500 e. The van der Waals surface area contributed by atoms with Crippen LogP contribution in [0.15, 0.2) is 138 Å². The molecule has 47 heavy (non-hydrogen) atoms. The van der Waals surface area contributed by atoms with Crippen molar-refractivity contribution in [3.8, 4) is 33.8 Å². The number of nitrogens with zero attached hydrogens (tertiary/aromatic N) is 3.